The summed E-state index contributed by atoms with van der Waals surface area (Å²) >= 11 is 0. The molecule has 1 aromatic heterocycles. The average Bonchev–Trinajstić information content (AvgIpc) is 2.78. The molecule has 1 aromatic carbocycles. The predicted molar refractivity (Wildman–Crippen MR) is 82.4 cm³/mol. The molecule has 0 bridgehead atoms. The Kier molecular flexibility index (Phi) is 4.28. The maximum atomic E-state index is 12.2. The normalized spacial score (nSPS) is 11.9. The Bertz CT molecular complexity index is 582. The SMILES string of the molecule is CC(C)N(C(=O)C=Cc1cc2ccccc2o1)C(C)C. The Labute approximate surface area is 119 Å². The quantitative estimate of drug-likeness (QED) is 0.785. The van der Waals surface area contributed by atoms with Gasteiger partial charge in [0, 0.05) is 23.5 Å². The molecule has 1 amide bonds. The van der Waals surface area contributed by atoms with Crippen molar-refractivity contribution >= 4 is 23.0 Å². The van der Waals surface area contributed by atoms with Gasteiger partial charge in [-0.15, -0.1) is 0 Å². The van der Waals surface area contributed by atoms with Crippen LogP contribution in [-0.4, -0.2) is 22.9 Å². The monoisotopic (exact) mass is 271 g/mol. The molecule has 2 aromatic rings. The van der Waals surface area contributed by atoms with Crippen molar-refractivity contribution in [2.45, 2.75) is 39.8 Å². The smallest absolute Gasteiger partial charge is 0.247 e. The van der Waals surface area contributed by atoms with E-state index in [1.54, 1.807) is 12.2 Å². The zero-order valence-corrected chi connectivity index (χ0v) is 12.5. The van der Waals surface area contributed by atoms with Crippen LogP contribution in [-0.2, 0) is 4.79 Å². The number of hydrogen-bond acceptors (Lipinski definition) is 2. The van der Waals surface area contributed by atoms with E-state index < -0.39 is 0 Å². The van der Waals surface area contributed by atoms with Crippen LogP contribution in [0.1, 0.15) is 33.5 Å². The fourth-order valence-corrected chi connectivity index (χ4v) is 2.43. The van der Waals surface area contributed by atoms with E-state index >= 15 is 0 Å². The van der Waals surface area contributed by atoms with Crippen molar-refractivity contribution in [3.8, 4) is 0 Å². The lowest BCUT2D eigenvalue weighted by atomic mass is 10.2. The molecule has 1 heterocycles. The van der Waals surface area contributed by atoms with Gasteiger partial charge < -0.3 is 9.32 Å². The summed E-state index contributed by atoms with van der Waals surface area (Å²) in [7, 11) is 0. The van der Waals surface area contributed by atoms with Crippen LogP contribution in [0.3, 0.4) is 0 Å². The zero-order chi connectivity index (χ0) is 14.7. The highest BCUT2D eigenvalue weighted by atomic mass is 16.3. The average molecular weight is 271 g/mol. The number of rotatable bonds is 4. The minimum atomic E-state index is 0.00968. The summed E-state index contributed by atoms with van der Waals surface area (Å²) < 4.78 is 5.66. The Balaban J connectivity index is 2.17. The molecule has 0 aliphatic rings. The molecule has 20 heavy (non-hydrogen) atoms. The molecular formula is C17H21NO2. The fraction of sp³-hybridized carbons (Fsp3) is 0.353. The van der Waals surface area contributed by atoms with Crippen molar-refractivity contribution in [2.75, 3.05) is 0 Å². The molecule has 3 heteroatoms. The summed E-state index contributed by atoms with van der Waals surface area (Å²) in [5, 5.41) is 1.05. The van der Waals surface area contributed by atoms with E-state index in [4.69, 9.17) is 4.42 Å². The number of nitrogens with zero attached hydrogens (tertiary/aromatic N) is 1. The highest BCUT2D eigenvalue weighted by Crippen LogP contribution is 2.19. The first-order chi connectivity index (χ1) is 9.49. The summed E-state index contributed by atoms with van der Waals surface area (Å²) in [6.07, 6.45) is 3.32. The van der Waals surface area contributed by atoms with Crippen LogP contribution in [0.25, 0.3) is 17.0 Å². The third kappa shape index (κ3) is 3.10. The first kappa shape index (κ1) is 14.4. The minimum Gasteiger partial charge on any atom is -0.457 e. The van der Waals surface area contributed by atoms with E-state index in [0.29, 0.717) is 5.76 Å². The van der Waals surface area contributed by atoms with Gasteiger partial charge in [-0.2, -0.15) is 0 Å². The Hall–Kier alpha value is -2.03. The fourth-order valence-electron chi connectivity index (χ4n) is 2.43. The summed E-state index contributed by atoms with van der Waals surface area (Å²) in [5.41, 5.74) is 0.837. The van der Waals surface area contributed by atoms with Crippen LogP contribution in [0.4, 0.5) is 0 Å². The number of amides is 1. The van der Waals surface area contributed by atoms with Gasteiger partial charge in [-0.25, -0.2) is 0 Å². The number of para-hydroxylation sites is 1. The summed E-state index contributed by atoms with van der Waals surface area (Å²) in [4.78, 5) is 14.1. The number of fused-ring (bicyclic) bond motifs is 1. The summed E-state index contributed by atoms with van der Waals surface area (Å²) in [6.45, 7) is 8.08. The molecule has 0 aliphatic heterocycles. The maximum absolute atomic E-state index is 12.2. The van der Waals surface area contributed by atoms with Gasteiger partial charge in [0.05, 0.1) is 0 Å². The van der Waals surface area contributed by atoms with E-state index in [9.17, 15) is 4.79 Å². The van der Waals surface area contributed by atoms with Gasteiger partial charge in [0.2, 0.25) is 5.91 Å². The molecule has 3 nitrogen and oxygen atoms in total. The van der Waals surface area contributed by atoms with Crippen LogP contribution >= 0.6 is 0 Å². The molecule has 0 spiro atoms. The first-order valence-corrected chi connectivity index (χ1v) is 6.98. The standard InChI is InChI=1S/C17H21NO2/c1-12(2)18(13(3)4)17(19)10-9-15-11-14-7-5-6-8-16(14)20-15/h5-13H,1-4H3. The van der Waals surface area contributed by atoms with Gasteiger partial charge in [0.25, 0.3) is 0 Å². The second kappa shape index (κ2) is 5.95. The highest BCUT2D eigenvalue weighted by molar-refractivity contribution is 5.92. The van der Waals surface area contributed by atoms with Crippen molar-refractivity contribution in [1.29, 1.82) is 0 Å². The van der Waals surface area contributed by atoms with Gasteiger partial charge in [-0.05, 0) is 45.9 Å². The largest absolute Gasteiger partial charge is 0.457 e. The number of hydrogen-bond donors (Lipinski definition) is 0. The van der Waals surface area contributed by atoms with Crippen LogP contribution in [0.15, 0.2) is 40.8 Å². The van der Waals surface area contributed by atoms with Crippen molar-refractivity contribution in [1.82, 2.24) is 4.90 Å². The molecule has 0 saturated carbocycles. The van der Waals surface area contributed by atoms with Crippen molar-refractivity contribution in [2.24, 2.45) is 0 Å². The molecule has 106 valence electrons. The molecule has 0 aliphatic carbocycles. The summed E-state index contributed by atoms with van der Waals surface area (Å²) in [5.74, 6) is 0.711. The van der Waals surface area contributed by atoms with Crippen LogP contribution in [0.2, 0.25) is 0 Å². The molecule has 0 atom stereocenters. The Morgan fingerprint density at radius 3 is 2.40 bits per heavy atom. The molecule has 0 N–H and O–H groups in total. The van der Waals surface area contributed by atoms with Crippen LogP contribution in [0, 0.1) is 0 Å². The molecule has 0 fully saturated rings. The highest BCUT2D eigenvalue weighted by Gasteiger charge is 2.17. The second-order valence-corrected chi connectivity index (χ2v) is 5.45. The third-order valence-electron chi connectivity index (χ3n) is 3.20. The number of carbonyl (C=O) groups excluding carboxylic acids is 1. The lowest BCUT2D eigenvalue weighted by Crippen LogP contribution is -2.41. The van der Waals surface area contributed by atoms with Gasteiger partial charge in [-0.3, -0.25) is 4.79 Å². The Morgan fingerprint density at radius 1 is 1.15 bits per heavy atom. The third-order valence-corrected chi connectivity index (χ3v) is 3.20. The minimum absolute atomic E-state index is 0.00968. The van der Waals surface area contributed by atoms with E-state index in [1.807, 2.05) is 62.9 Å². The molecule has 2 rings (SSSR count). The first-order valence-electron chi connectivity index (χ1n) is 6.98. The number of furan rings is 1. The van der Waals surface area contributed by atoms with Crippen molar-refractivity contribution in [3.05, 3.63) is 42.2 Å². The van der Waals surface area contributed by atoms with Crippen molar-refractivity contribution in [3.63, 3.8) is 0 Å². The summed E-state index contributed by atoms with van der Waals surface area (Å²) in [6, 6.07) is 10.1. The van der Waals surface area contributed by atoms with E-state index in [2.05, 4.69) is 0 Å². The Morgan fingerprint density at radius 2 is 1.80 bits per heavy atom. The number of carbonyl (C=O) groups is 1. The van der Waals surface area contributed by atoms with Crippen molar-refractivity contribution < 1.29 is 9.21 Å². The zero-order valence-electron chi connectivity index (χ0n) is 12.5. The van der Waals surface area contributed by atoms with Gasteiger partial charge >= 0.3 is 0 Å². The van der Waals surface area contributed by atoms with Gasteiger partial charge in [0.1, 0.15) is 11.3 Å². The van der Waals surface area contributed by atoms with Gasteiger partial charge in [-0.1, -0.05) is 18.2 Å². The molecular weight excluding hydrogens is 250 g/mol. The van der Waals surface area contributed by atoms with E-state index in [-0.39, 0.29) is 18.0 Å². The van der Waals surface area contributed by atoms with Crippen LogP contribution < -0.4 is 0 Å². The number of benzene rings is 1. The maximum Gasteiger partial charge on any atom is 0.247 e. The van der Waals surface area contributed by atoms with Crippen LogP contribution in [0.5, 0.6) is 0 Å². The van der Waals surface area contributed by atoms with E-state index in [0.717, 1.165) is 11.0 Å². The lowest BCUT2D eigenvalue weighted by molar-refractivity contribution is -0.129. The second-order valence-electron chi connectivity index (χ2n) is 5.45. The van der Waals surface area contributed by atoms with Gasteiger partial charge in [0.15, 0.2) is 0 Å². The molecule has 0 radical (unpaired) electrons. The van der Waals surface area contributed by atoms with E-state index in [1.165, 1.54) is 0 Å². The molecule has 0 saturated heterocycles. The molecule has 0 unspecified atom stereocenters. The predicted octanol–water partition coefficient (Wildman–Crippen LogP) is 4.09. The lowest BCUT2D eigenvalue weighted by Gasteiger charge is -2.29. The topological polar surface area (TPSA) is 33.5 Å².